The molecule has 2 aliphatic rings. The van der Waals surface area contributed by atoms with E-state index in [1.807, 2.05) is 45.0 Å². The molecule has 4 heteroatoms. The van der Waals surface area contributed by atoms with Gasteiger partial charge in [0.05, 0.1) is 17.0 Å². The predicted molar refractivity (Wildman–Crippen MR) is 105 cm³/mol. The molecular weight excluding hydrogens is 350 g/mol. The van der Waals surface area contributed by atoms with Crippen LogP contribution in [0.1, 0.15) is 45.6 Å². The van der Waals surface area contributed by atoms with Gasteiger partial charge in [0.15, 0.2) is 0 Å². The number of ketones is 1. The number of benzene rings is 2. The van der Waals surface area contributed by atoms with Gasteiger partial charge in [0.25, 0.3) is 0 Å². The molecule has 2 fully saturated rings. The molecule has 2 saturated carbocycles. The number of esters is 1. The Hall–Kier alpha value is -2.93. The molecule has 0 unspecified atom stereocenters. The van der Waals surface area contributed by atoms with Crippen LogP contribution in [-0.4, -0.2) is 11.8 Å². The van der Waals surface area contributed by atoms with Crippen molar-refractivity contribution in [1.29, 1.82) is 5.26 Å². The second-order valence-electron chi connectivity index (χ2n) is 8.74. The van der Waals surface area contributed by atoms with E-state index in [4.69, 9.17) is 10.00 Å². The van der Waals surface area contributed by atoms with Gasteiger partial charge in [-0.2, -0.15) is 5.26 Å². The van der Waals surface area contributed by atoms with Crippen LogP contribution in [0.2, 0.25) is 0 Å². The molecule has 0 N–H and O–H groups in total. The number of nitrogens with zero attached hydrogens (tertiary/aromatic N) is 1. The van der Waals surface area contributed by atoms with Crippen LogP contribution in [-0.2, 0) is 9.59 Å². The van der Waals surface area contributed by atoms with Gasteiger partial charge in [-0.1, -0.05) is 45.0 Å². The molecule has 2 bridgehead atoms. The van der Waals surface area contributed by atoms with E-state index in [0.29, 0.717) is 17.7 Å². The van der Waals surface area contributed by atoms with Crippen LogP contribution in [0, 0.1) is 27.6 Å². The van der Waals surface area contributed by atoms with Crippen LogP contribution in [0.15, 0.2) is 48.5 Å². The summed E-state index contributed by atoms with van der Waals surface area (Å²) in [4.78, 5) is 25.7. The molecule has 2 aliphatic carbocycles. The van der Waals surface area contributed by atoms with Gasteiger partial charge >= 0.3 is 5.97 Å². The van der Waals surface area contributed by atoms with E-state index in [1.165, 1.54) is 0 Å². The summed E-state index contributed by atoms with van der Waals surface area (Å²) < 4.78 is 5.74. The Morgan fingerprint density at radius 3 is 2.00 bits per heavy atom. The highest BCUT2D eigenvalue weighted by Crippen LogP contribution is 2.70. The van der Waals surface area contributed by atoms with E-state index in [1.54, 1.807) is 24.3 Å². The number of carbonyl (C=O) groups is 2. The van der Waals surface area contributed by atoms with E-state index < -0.39 is 16.2 Å². The Morgan fingerprint density at radius 1 is 0.964 bits per heavy atom. The minimum atomic E-state index is -0.732. The van der Waals surface area contributed by atoms with Gasteiger partial charge in [0.1, 0.15) is 11.5 Å². The lowest BCUT2D eigenvalue weighted by molar-refractivity contribution is -0.151. The lowest BCUT2D eigenvalue weighted by Gasteiger charge is -2.37. The van der Waals surface area contributed by atoms with E-state index in [0.717, 1.165) is 17.5 Å². The maximum absolute atomic E-state index is 13.1. The molecule has 142 valence electrons. The molecule has 2 aromatic rings. The molecule has 2 aromatic carbocycles. The zero-order chi connectivity index (χ0) is 20.2. The second kappa shape index (κ2) is 6.04. The van der Waals surface area contributed by atoms with Gasteiger partial charge < -0.3 is 4.74 Å². The summed E-state index contributed by atoms with van der Waals surface area (Å²) in [5, 5.41) is 8.90. The fraction of sp³-hybridized carbons (Fsp3) is 0.375. The molecular formula is C24H23NO3. The first-order valence-corrected chi connectivity index (χ1v) is 9.60. The SMILES string of the molecule is CC1(C)[C@@]2(C(=O)Oc3ccc(-c4ccc(C#N)cc4)cc3)CC[C@@]1(C)C(=O)C2. The maximum Gasteiger partial charge on any atom is 0.318 e. The highest BCUT2D eigenvalue weighted by atomic mass is 16.5. The highest BCUT2D eigenvalue weighted by molar-refractivity contribution is 5.98. The third kappa shape index (κ3) is 2.36. The number of hydrogen-bond donors (Lipinski definition) is 0. The Morgan fingerprint density at radius 2 is 1.54 bits per heavy atom. The standard InChI is InChI=1S/C24H23NO3/c1-22(2)23(3)12-13-24(22,14-20(23)26)21(27)28-19-10-8-18(9-11-19)17-6-4-16(15-25)5-7-17/h4-11H,12-14H2,1-3H3/t23-,24-/m0/s1. The molecule has 4 nitrogen and oxygen atoms in total. The summed E-state index contributed by atoms with van der Waals surface area (Å²) in [6.07, 6.45) is 1.72. The van der Waals surface area contributed by atoms with Crippen LogP contribution in [0.5, 0.6) is 5.75 Å². The van der Waals surface area contributed by atoms with Crippen LogP contribution in [0.25, 0.3) is 11.1 Å². The monoisotopic (exact) mass is 373 g/mol. The Labute approximate surface area is 165 Å². The molecule has 0 radical (unpaired) electrons. The van der Waals surface area contributed by atoms with Gasteiger partial charge in [-0.05, 0) is 53.6 Å². The van der Waals surface area contributed by atoms with Gasteiger partial charge in [-0.15, -0.1) is 0 Å². The van der Waals surface area contributed by atoms with Crippen LogP contribution < -0.4 is 4.74 Å². The quantitative estimate of drug-likeness (QED) is 0.566. The largest absolute Gasteiger partial charge is 0.426 e. The van der Waals surface area contributed by atoms with Crippen molar-refractivity contribution in [1.82, 2.24) is 0 Å². The molecule has 0 aliphatic heterocycles. The maximum atomic E-state index is 13.1. The van der Waals surface area contributed by atoms with Crippen molar-refractivity contribution in [2.24, 2.45) is 16.2 Å². The minimum Gasteiger partial charge on any atom is -0.426 e. The fourth-order valence-electron chi connectivity index (χ4n) is 4.97. The van der Waals surface area contributed by atoms with Gasteiger partial charge in [-0.3, -0.25) is 9.59 Å². The number of Topliss-reactive ketones (excluding diaryl/α,β-unsaturated/α-hetero) is 1. The first-order chi connectivity index (χ1) is 13.2. The van der Waals surface area contributed by atoms with E-state index in [-0.39, 0.29) is 18.2 Å². The van der Waals surface area contributed by atoms with Crippen molar-refractivity contribution in [2.75, 3.05) is 0 Å². The molecule has 0 spiro atoms. The van der Waals surface area contributed by atoms with E-state index in [2.05, 4.69) is 6.07 Å². The first kappa shape index (κ1) is 18.4. The summed E-state index contributed by atoms with van der Waals surface area (Å²) in [6.45, 7) is 6.05. The van der Waals surface area contributed by atoms with E-state index in [9.17, 15) is 9.59 Å². The van der Waals surface area contributed by atoms with Crippen molar-refractivity contribution in [3.8, 4) is 22.9 Å². The van der Waals surface area contributed by atoms with Crippen molar-refractivity contribution in [3.05, 3.63) is 54.1 Å². The Balaban J connectivity index is 1.54. The number of hydrogen-bond acceptors (Lipinski definition) is 4. The zero-order valence-corrected chi connectivity index (χ0v) is 16.4. The number of rotatable bonds is 3. The molecule has 28 heavy (non-hydrogen) atoms. The molecule has 2 atom stereocenters. The highest BCUT2D eigenvalue weighted by Gasteiger charge is 2.73. The smallest absolute Gasteiger partial charge is 0.318 e. The van der Waals surface area contributed by atoms with Crippen molar-refractivity contribution in [3.63, 3.8) is 0 Å². The van der Waals surface area contributed by atoms with Crippen LogP contribution in [0.4, 0.5) is 0 Å². The Bertz CT molecular complexity index is 998. The molecule has 0 saturated heterocycles. The average molecular weight is 373 g/mol. The fourth-order valence-corrected chi connectivity index (χ4v) is 4.97. The first-order valence-electron chi connectivity index (χ1n) is 9.60. The average Bonchev–Trinajstić information content (AvgIpc) is 2.99. The molecule has 0 amide bonds. The topological polar surface area (TPSA) is 67.2 Å². The van der Waals surface area contributed by atoms with Gasteiger partial charge in [0.2, 0.25) is 0 Å². The Kier molecular flexibility index (Phi) is 3.97. The number of fused-ring (bicyclic) bond motifs is 2. The van der Waals surface area contributed by atoms with Gasteiger partial charge in [-0.25, -0.2) is 0 Å². The summed E-state index contributed by atoms with van der Waals surface area (Å²) in [7, 11) is 0. The molecule has 0 aromatic heterocycles. The van der Waals surface area contributed by atoms with E-state index >= 15 is 0 Å². The van der Waals surface area contributed by atoms with Crippen LogP contribution >= 0.6 is 0 Å². The van der Waals surface area contributed by atoms with Crippen molar-refractivity contribution >= 4 is 11.8 Å². The van der Waals surface area contributed by atoms with Crippen molar-refractivity contribution < 1.29 is 14.3 Å². The second-order valence-corrected chi connectivity index (χ2v) is 8.74. The van der Waals surface area contributed by atoms with Crippen LogP contribution in [0.3, 0.4) is 0 Å². The lowest BCUT2D eigenvalue weighted by atomic mass is 9.65. The molecule has 0 heterocycles. The third-order valence-electron chi connectivity index (χ3n) is 7.51. The van der Waals surface area contributed by atoms with Crippen molar-refractivity contribution in [2.45, 2.75) is 40.0 Å². The minimum absolute atomic E-state index is 0.178. The predicted octanol–water partition coefficient (Wildman–Crippen LogP) is 4.92. The zero-order valence-electron chi connectivity index (χ0n) is 16.4. The normalized spacial score (nSPS) is 27.4. The summed E-state index contributed by atoms with van der Waals surface area (Å²) in [6, 6.07) is 16.8. The summed E-state index contributed by atoms with van der Waals surface area (Å²) in [5.74, 6) is 0.371. The number of carbonyl (C=O) groups excluding carboxylic acids is 2. The number of ether oxygens (including phenoxy) is 1. The third-order valence-corrected chi connectivity index (χ3v) is 7.51. The molecule has 4 rings (SSSR count). The lowest BCUT2D eigenvalue weighted by Crippen LogP contribution is -2.42. The van der Waals surface area contributed by atoms with Gasteiger partial charge in [0, 0.05) is 11.8 Å². The summed E-state index contributed by atoms with van der Waals surface area (Å²) in [5.41, 5.74) is 1.01. The summed E-state index contributed by atoms with van der Waals surface area (Å²) >= 11 is 0. The number of nitriles is 1.